The molecule has 1 fully saturated rings. The van der Waals surface area contributed by atoms with E-state index in [1.54, 1.807) is 31.2 Å². The Labute approximate surface area is 142 Å². The van der Waals surface area contributed by atoms with Gasteiger partial charge < -0.3 is 20.4 Å². The predicted molar refractivity (Wildman–Crippen MR) is 81.6 cm³/mol. The van der Waals surface area contributed by atoms with Crippen LogP contribution < -0.4 is 5.32 Å². The van der Waals surface area contributed by atoms with Crippen LogP contribution in [-0.4, -0.2) is 46.4 Å². The van der Waals surface area contributed by atoms with Gasteiger partial charge in [0.15, 0.2) is 0 Å². The summed E-state index contributed by atoms with van der Waals surface area (Å²) in [6.07, 6.45) is -5.30. The van der Waals surface area contributed by atoms with Gasteiger partial charge in [-0.05, 0) is 18.1 Å². The van der Waals surface area contributed by atoms with Crippen LogP contribution in [0.3, 0.4) is 0 Å². The molecule has 1 unspecified atom stereocenters. The van der Waals surface area contributed by atoms with E-state index < -0.39 is 49.2 Å². The molecule has 0 aliphatic carbocycles. The lowest BCUT2D eigenvalue weighted by atomic mass is 9.96. The maximum absolute atomic E-state index is 12.9. The molecule has 1 saturated heterocycles. The van der Waals surface area contributed by atoms with Gasteiger partial charge in [0.25, 0.3) is 0 Å². The number of nitrogens with one attached hydrogen (secondary N) is 1. The lowest BCUT2D eigenvalue weighted by molar-refractivity contribution is -0.187. The lowest BCUT2D eigenvalue weighted by Gasteiger charge is -2.18. The minimum absolute atomic E-state index is 0.0871. The van der Waals surface area contributed by atoms with Crippen molar-refractivity contribution in [1.29, 1.82) is 0 Å². The van der Waals surface area contributed by atoms with Gasteiger partial charge in [0.2, 0.25) is 0 Å². The number of carboxylic acids is 1. The quantitative estimate of drug-likeness (QED) is 0.767. The summed E-state index contributed by atoms with van der Waals surface area (Å²) in [5, 5.41) is 20.9. The summed E-state index contributed by atoms with van der Waals surface area (Å²) in [6.45, 7) is 0.545. The number of carbonyl (C=O) groups is 2. The average Bonchev–Trinajstić information content (AvgIpc) is 2.99. The molecule has 1 aromatic rings. The number of aliphatic hydroxyl groups is 1. The number of carboxylic acid groups (broad SMARTS) is 1. The monoisotopic (exact) mass is 360 g/mol. The summed E-state index contributed by atoms with van der Waals surface area (Å²) in [7, 11) is 0. The van der Waals surface area contributed by atoms with Crippen LogP contribution in [0.1, 0.15) is 24.2 Å². The summed E-state index contributed by atoms with van der Waals surface area (Å²) >= 11 is 0. The molecule has 138 valence electrons. The van der Waals surface area contributed by atoms with E-state index >= 15 is 0 Å². The second kappa shape index (κ2) is 7.30. The van der Waals surface area contributed by atoms with Gasteiger partial charge in [0.1, 0.15) is 0 Å². The molecule has 0 aromatic heterocycles. The Bertz CT molecular complexity index is 631. The standard InChI is InChI=1S/C16H19F3N2O4/c1-9(22)11-4-2-10(3-5-11)6-20-15(25)21-7-12(14(23)24)13(8-21)16(17,18)19/h2-5,9,12-13,22H,6-8H2,1H3,(H,20,25)(H,23,24)/t9?,12-,13-/m1/s1. The van der Waals surface area contributed by atoms with Crippen molar-refractivity contribution in [2.45, 2.75) is 25.7 Å². The molecule has 3 N–H and O–H groups in total. The number of hydrogen-bond acceptors (Lipinski definition) is 3. The molecular weight excluding hydrogens is 341 g/mol. The predicted octanol–water partition coefficient (Wildman–Crippen LogP) is 2.14. The zero-order valence-electron chi connectivity index (χ0n) is 13.5. The van der Waals surface area contributed by atoms with Crippen molar-refractivity contribution in [3.8, 4) is 0 Å². The van der Waals surface area contributed by atoms with Crippen LogP contribution in [-0.2, 0) is 11.3 Å². The van der Waals surface area contributed by atoms with Gasteiger partial charge in [0.05, 0.1) is 17.9 Å². The molecule has 1 aromatic carbocycles. The molecule has 6 nitrogen and oxygen atoms in total. The number of halogens is 3. The van der Waals surface area contributed by atoms with Crippen LogP contribution in [0.15, 0.2) is 24.3 Å². The first-order valence-electron chi connectivity index (χ1n) is 7.68. The second-order valence-electron chi connectivity index (χ2n) is 6.07. The number of amides is 2. The van der Waals surface area contributed by atoms with Crippen LogP contribution >= 0.6 is 0 Å². The highest BCUT2D eigenvalue weighted by atomic mass is 19.4. The number of rotatable bonds is 4. The summed E-state index contributed by atoms with van der Waals surface area (Å²) < 4.78 is 38.8. The van der Waals surface area contributed by atoms with E-state index in [0.29, 0.717) is 11.1 Å². The van der Waals surface area contributed by atoms with Crippen LogP contribution in [0.4, 0.5) is 18.0 Å². The first kappa shape index (κ1) is 19.0. The van der Waals surface area contributed by atoms with E-state index in [0.717, 1.165) is 4.90 Å². The van der Waals surface area contributed by atoms with Gasteiger partial charge in [0, 0.05) is 19.6 Å². The van der Waals surface area contributed by atoms with Crippen LogP contribution in [0.5, 0.6) is 0 Å². The van der Waals surface area contributed by atoms with Crippen molar-refractivity contribution in [2.75, 3.05) is 13.1 Å². The summed E-state index contributed by atoms with van der Waals surface area (Å²) in [4.78, 5) is 23.9. The zero-order chi connectivity index (χ0) is 18.8. The molecular formula is C16H19F3N2O4. The number of hydrogen-bond donors (Lipinski definition) is 3. The van der Waals surface area contributed by atoms with E-state index in [-0.39, 0.29) is 6.54 Å². The largest absolute Gasteiger partial charge is 0.481 e. The maximum atomic E-state index is 12.9. The van der Waals surface area contributed by atoms with Crippen LogP contribution in [0.2, 0.25) is 0 Å². The highest BCUT2D eigenvalue weighted by Gasteiger charge is 2.53. The third kappa shape index (κ3) is 4.62. The van der Waals surface area contributed by atoms with E-state index in [2.05, 4.69) is 5.32 Å². The van der Waals surface area contributed by atoms with E-state index in [4.69, 9.17) is 5.11 Å². The Morgan fingerprint density at radius 2 is 1.88 bits per heavy atom. The number of aliphatic hydroxyl groups excluding tert-OH is 1. The van der Waals surface area contributed by atoms with Crippen molar-refractivity contribution >= 4 is 12.0 Å². The van der Waals surface area contributed by atoms with Crippen molar-refractivity contribution in [3.05, 3.63) is 35.4 Å². The first-order valence-corrected chi connectivity index (χ1v) is 7.68. The van der Waals surface area contributed by atoms with Crippen LogP contribution in [0.25, 0.3) is 0 Å². The van der Waals surface area contributed by atoms with Gasteiger partial charge in [-0.1, -0.05) is 24.3 Å². The van der Waals surface area contributed by atoms with E-state index in [1.807, 2.05) is 0 Å². The minimum atomic E-state index is -4.67. The number of alkyl halides is 3. The summed E-state index contributed by atoms with van der Waals surface area (Å²) in [5.74, 6) is -5.29. The van der Waals surface area contributed by atoms with Crippen LogP contribution in [0, 0.1) is 11.8 Å². The third-order valence-corrected chi connectivity index (χ3v) is 4.25. The molecule has 1 aliphatic rings. The van der Waals surface area contributed by atoms with Gasteiger partial charge >= 0.3 is 18.2 Å². The molecule has 0 bridgehead atoms. The minimum Gasteiger partial charge on any atom is -0.481 e. The molecule has 9 heteroatoms. The Morgan fingerprint density at radius 3 is 2.32 bits per heavy atom. The Morgan fingerprint density at radius 1 is 1.28 bits per heavy atom. The first-order chi connectivity index (χ1) is 11.6. The number of likely N-dealkylation sites (tertiary alicyclic amines) is 1. The fourth-order valence-electron chi connectivity index (χ4n) is 2.76. The summed E-state index contributed by atoms with van der Waals surface area (Å²) in [6, 6.07) is 6.00. The molecule has 1 aliphatic heterocycles. The molecule has 0 spiro atoms. The fraction of sp³-hybridized carbons (Fsp3) is 0.500. The molecule has 3 atom stereocenters. The van der Waals surface area contributed by atoms with E-state index in [1.165, 1.54) is 0 Å². The number of benzene rings is 1. The Hall–Kier alpha value is -2.29. The highest BCUT2D eigenvalue weighted by Crippen LogP contribution is 2.37. The van der Waals surface area contributed by atoms with Gasteiger partial charge in [-0.2, -0.15) is 13.2 Å². The molecule has 2 amide bonds. The smallest absolute Gasteiger partial charge is 0.394 e. The molecule has 0 saturated carbocycles. The Balaban J connectivity index is 1.96. The number of carbonyl (C=O) groups excluding carboxylic acids is 1. The summed E-state index contributed by atoms with van der Waals surface area (Å²) in [5.41, 5.74) is 1.41. The van der Waals surface area contributed by atoms with Crippen molar-refractivity contribution in [3.63, 3.8) is 0 Å². The SMILES string of the molecule is CC(O)c1ccc(CNC(=O)N2C[C@@H](C(F)(F)F)[C@H](C(=O)O)C2)cc1. The maximum Gasteiger partial charge on any atom is 0.394 e. The third-order valence-electron chi connectivity index (χ3n) is 4.25. The number of nitrogens with zero attached hydrogens (tertiary/aromatic N) is 1. The number of aliphatic carboxylic acids is 1. The second-order valence-corrected chi connectivity index (χ2v) is 6.07. The molecule has 1 heterocycles. The highest BCUT2D eigenvalue weighted by molar-refractivity contribution is 5.77. The molecule has 0 radical (unpaired) electrons. The zero-order valence-corrected chi connectivity index (χ0v) is 13.5. The topological polar surface area (TPSA) is 89.9 Å². The molecule has 25 heavy (non-hydrogen) atoms. The average molecular weight is 360 g/mol. The molecule has 2 rings (SSSR count). The van der Waals surface area contributed by atoms with Crippen molar-refractivity contribution < 1.29 is 33.0 Å². The van der Waals surface area contributed by atoms with Gasteiger partial charge in [-0.3, -0.25) is 4.79 Å². The fourth-order valence-corrected chi connectivity index (χ4v) is 2.76. The van der Waals surface area contributed by atoms with E-state index in [9.17, 15) is 27.9 Å². The lowest BCUT2D eigenvalue weighted by Crippen LogP contribution is -2.39. The van der Waals surface area contributed by atoms with Crippen molar-refractivity contribution in [2.24, 2.45) is 11.8 Å². The Kier molecular flexibility index (Phi) is 5.56. The van der Waals surface area contributed by atoms with Gasteiger partial charge in [-0.15, -0.1) is 0 Å². The normalized spacial score (nSPS) is 21.9. The number of urea groups is 1. The van der Waals surface area contributed by atoms with Gasteiger partial charge in [-0.25, -0.2) is 4.79 Å². The van der Waals surface area contributed by atoms with Crippen molar-refractivity contribution in [1.82, 2.24) is 10.2 Å².